The quantitative estimate of drug-likeness (QED) is 0.448. The molecule has 9 heteroatoms. The predicted octanol–water partition coefficient (Wildman–Crippen LogP) is 3.87. The average molecular weight is 544 g/mol. The van der Waals surface area contributed by atoms with Crippen molar-refractivity contribution in [2.75, 3.05) is 52.1 Å². The summed E-state index contributed by atoms with van der Waals surface area (Å²) in [5, 5.41) is 0. The molecule has 0 aliphatic carbocycles. The number of hydrogen-bond acceptors (Lipinski definition) is 7. The van der Waals surface area contributed by atoms with Gasteiger partial charge in [-0.15, -0.1) is 0 Å². The van der Waals surface area contributed by atoms with Crippen LogP contribution in [0.2, 0.25) is 0 Å². The molecule has 40 heavy (non-hydrogen) atoms. The Hall–Kier alpha value is -4.24. The Morgan fingerprint density at radius 2 is 1.50 bits per heavy atom. The molecule has 0 radical (unpaired) electrons. The molecule has 2 fully saturated rings. The van der Waals surface area contributed by atoms with Crippen molar-refractivity contribution in [1.29, 1.82) is 0 Å². The summed E-state index contributed by atoms with van der Waals surface area (Å²) < 4.78 is 21.6. The number of methoxy groups -OCH3 is 2. The number of rotatable bonds is 7. The number of fused-ring (bicyclic) bond motifs is 1. The van der Waals surface area contributed by atoms with E-state index in [1.807, 2.05) is 65.6 Å². The number of piperazine rings is 1. The number of carbonyl (C=O) groups is 2. The van der Waals surface area contributed by atoms with Gasteiger partial charge in [-0.2, -0.15) is 0 Å². The van der Waals surface area contributed by atoms with Crippen LogP contribution in [0.4, 0.5) is 5.69 Å². The summed E-state index contributed by atoms with van der Waals surface area (Å²) in [5.41, 5.74) is 2.80. The first kappa shape index (κ1) is 26.0. The summed E-state index contributed by atoms with van der Waals surface area (Å²) in [6.07, 6.45) is 0.166. The average Bonchev–Trinajstić information content (AvgIpc) is 3.61. The number of nitrogens with zero attached hydrogens (tertiary/aromatic N) is 3. The molecule has 0 N–H and O–H groups in total. The van der Waals surface area contributed by atoms with Gasteiger partial charge in [0.1, 0.15) is 11.5 Å². The van der Waals surface area contributed by atoms with Gasteiger partial charge in [0, 0.05) is 44.8 Å². The Balaban J connectivity index is 1.18. The zero-order valence-electron chi connectivity index (χ0n) is 22.7. The van der Waals surface area contributed by atoms with Gasteiger partial charge in [0.25, 0.3) is 0 Å². The third-order valence-corrected chi connectivity index (χ3v) is 7.97. The van der Waals surface area contributed by atoms with Gasteiger partial charge in [-0.05, 0) is 59.7 Å². The van der Waals surface area contributed by atoms with Crippen molar-refractivity contribution in [2.45, 2.75) is 19.0 Å². The van der Waals surface area contributed by atoms with Gasteiger partial charge in [0.15, 0.2) is 11.5 Å². The van der Waals surface area contributed by atoms with Crippen molar-refractivity contribution in [3.8, 4) is 23.0 Å². The Morgan fingerprint density at radius 3 is 2.17 bits per heavy atom. The Morgan fingerprint density at radius 1 is 0.850 bits per heavy atom. The van der Waals surface area contributed by atoms with Crippen LogP contribution in [-0.4, -0.2) is 68.8 Å². The van der Waals surface area contributed by atoms with E-state index in [9.17, 15) is 9.59 Å². The second-order valence-corrected chi connectivity index (χ2v) is 10.3. The first-order valence-corrected chi connectivity index (χ1v) is 13.5. The molecule has 2 saturated heterocycles. The highest BCUT2D eigenvalue weighted by Crippen LogP contribution is 2.43. The number of hydrogen-bond donors (Lipinski definition) is 0. The van der Waals surface area contributed by atoms with Gasteiger partial charge in [0.2, 0.25) is 18.6 Å². The minimum atomic E-state index is -0.483. The number of amides is 2. The zero-order chi connectivity index (χ0) is 27.6. The molecule has 0 unspecified atom stereocenters. The highest BCUT2D eigenvalue weighted by atomic mass is 16.7. The first-order chi connectivity index (χ1) is 19.5. The predicted molar refractivity (Wildman–Crippen MR) is 149 cm³/mol. The highest BCUT2D eigenvalue weighted by Gasteiger charge is 2.46. The monoisotopic (exact) mass is 543 g/mol. The fourth-order valence-electron chi connectivity index (χ4n) is 5.84. The van der Waals surface area contributed by atoms with Crippen molar-refractivity contribution >= 4 is 17.5 Å². The number of ether oxygens (including phenoxy) is 4. The molecule has 2 amide bonds. The lowest BCUT2D eigenvalue weighted by Gasteiger charge is -2.37. The van der Waals surface area contributed by atoms with Crippen molar-refractivity contribution in [3.05, 3.63) is 77.9 Å². The topological polar surface area (TPSA) is 80.8 Å². The summed E-state index contributed by atoms with van der Waals surface area (Å²) in [4.78, 5) is 33.4. The Bertz CT molecular complexity index is 1370. The number of anilines is 1. The van der Waals surface area contributed by atoms with Crippen LogP contribution in [0.3, 0.4) is 0 Å². The largest absolute Gasteiger partial charge is 0.497 e. The van der Waals surface area contributed by atoms with Crippen LogP contribution in [0.5, 0.6) is 23.0 Å². The highest BCUT2D eigenvalue weighted by molar-refractivity contribution is 6.01. The van der Waals surface area contributed by atoms with Gasteiger partial charge in [0.05, 0.1) is 26.2 Å². The molecule has 0 spiro atoms. The zero-order valence-corrected chi connectivity index (χ0v) is 22.7. The minimum absolute atomic E-state index is 0.0212. The fraction of sp³-hybridized carbons (Fsp3) is 0.355. The smallest absolute Gasteiger partial charge is 0.231 e. The maximum absolute atomic E-state index is 14.0. The molecule has 9 nitrogen and oxygen atoms in total. The van der Waals surface area contributed by atoms with Gasteiger partial charge in [-0.3, -0.25) is 14.5 Å². The molecule has 3 aromatic carbocycles. The van der Waals surface area contributed by atoms with E-state index < -0.39 is 12.0 Å². The molecule has 3 heterocycles. The minimum Gasteiger partial charge on any atom is -0.497 e. The van der Waals surface area contributed by atoms with Crippen molar-refractivity contribution in [1.82, 2.24) is 9.80 Å². The molecule has 0 aromatic heterocycles. The lowest BCUT2D eigenvalue weighted by molar-refractivity contribution is -0.138. The van der Waals surface area contributed by atoms with E-state index in [0.29, 0.717) is 18.8 Å². The van der Waals surface area contributed by atoms with Gasteiger partial charge in [-0.25, -0.2) is 0 Å². The molecule has 2 atom stereocenters. The third kappa shape index (κ3) is 5.04. The maximum atomic E-state index is 14.0. The van der Waals surface area contributed by atoms with E-state index in [4.69, 9.17) is 18.9 Å². The van der Waals surface area contributed by atoms with Crippen LogP contribution in [-0.2, 0) is 16.1 Å². The normalized spacial score (nSPS) is 20.6. The van der Waals surface area contributed by atoms with E-state index in [1.165, 1.54) is 0 Å². The van der Waals surface area contributed by atoms with Crippen molar-refractivity contribution < 1.29 is 28.5 Å². The number of carbonyl (C=O) groups excluding carboxylic acids is 2. The summed E-state index contributed by atoms with van der Waals surface area (Å²) in [6.45, 7) is 3.79. The van der Waals surface area contributed by atoms with Crippen LogP contribution in [0.25, 0.3) is 0 Å². The van der Waals surface area contributed by atoms with Gasteiger partial charge < -0.3 is 28.7 Å². The summed E-state index contributed by atoms with van der Waals surface area (Å²) in [6, 6.07) is 20.7. The standard InChI is InChI=1S/C31H33N3O6/c1-37-24-8-4-22(5-9-24)30-26(18-29(35)34(30)23-6-10-25(38-2)11-7-23)31(36)33-15-13-32(14-16-33)19-21-3-12-27-28(17-21)40-20-39-27/h3-12,17,26,30H,13-16,18-20H2,1-2H3/t26-,30+/m0/s1. The Kier molecular flexibility index (Phi) is 7.21. The molecule has 3 aromatic rings. The number of benzene rings is 3. The third-order valence-electron chi connectivity index (χ3n) is 7.97. The first-order valence-electron chi connectivity index (χ1n) is 13.5. The van der Waals surface area contributed by atoms with E-state index in [1.54, 1.807) is 19.1 Å². The van der Waals surface area contributed by atoms with E-state index in [-0.39, 0.29) is 25.0 Å². The van der Waals surface area contributed by atoms with Crippen LogP contribution in [0, 0.1) is 5.92 Å². The summed E-state index contributed by atoms with van der Waals surface area (Å²) in [7, 11) is 3.23. The van der Waals surface area contributed by atoms with Gasteiger partial charge >= 0.3 is 0 Å². The fourth-order valence-corrected chi connectivity index (χ4v) is 5.84. The van der Waals surface area contributed by atoms with Crippen LogP contribution in [0.15, 0.2) is 66.7 Å². The molecule has 208 valence electrons. The Labute approximate surface area is 233 Å². The SMILES string of the molecule is COc1ccc([C@@H]2[C@@H](C(=O)N3CCN(Cc4ccc5c(c4)OCO5)CC3)CC(=O)N2c2ccc(OC)cc2)cc1. The molecule has 3 aliphatic heterocycles. The van der Waals surface area contributed by atoms with Gasteiger partial charge in [-0.1, -0.05) is 18.2 Å². The van der Waals surface area contributed by atoms with E-state index in [2.05, 4.69) is 11.0 Å². The molecular weight excluding hydrogens is 510 g/mol. The van der Waals surface area contributed by atoms with E-state index in [0.717, 1.165) is 53.7 Å². The van der Waals surface area contributed by atoms with Crippen LogP contribution < -0.4 is 23.8 Å². The molecule has 0 saturated carbocycles. The lowest BCUT2D eigenvalue weighted by Crippen LogP contribution is -2.50. The summed E-state index contributed by atoms with van der Waals surface area (Å²) in [5.74, 6) is 2.47. The second kappa shape index (κ2) is 11.1. The maximum Gasteiger partial charge on any atom is 0.231 e. The van der Waals surface area contributed by atoms with Crippen molar-refractivity contribution in [3.63, 3.8) is 0 Å². The van der Waals surface area contributed by atoms with Crippen LogP contribution in [0.1, 0.15) is 23.6 Å². The second-order valence-electron chi connectivity index (χ2n) is 10.3. The van der Waals surface area contributed by atoms with Crippen LogP contribution >= 0.6 is 0 Å². The summed E-state index contributed by atoms with van der Waals surface area (Å²) >= 11 is 0. The lowest BCUT2D eigenvalue weighted by atomic mass is 9.91. The van der Waals surface area contributed by atoms with E-state index >= 15 is 0 Å². The molecule has 0 bridgehead atoms. The molecular formula is C31H33N3O6. The molecule has 3 aliphatic rings. The van der Waals surface area contributed by atoms with Crippen molar-refractivity contribution in [2.24, 2.45) is 5.92 Å². The molecule has 6 rings (SSSR count).